The number of aromatic nitrogens is 3. The summed E-state index contributed by atoms with van der Waals surface area (Å²) in [7, 11) is 0. The van der Waals surface area contributed by atoms with E-state index in [1.54, 1.807) is 4.68 Å². The molecule has 1 N–H and O–H groups in total. The summed E-state index contributed by atoms with van der Waals surface area (Å²) in [5, 5.41) is 8.90. The molecule has 0 saturated heterocycles. The average Bonchev–Trinajstić information content (AvgIpc) is 2.82. The molecule has 0 aliphatic heterocycles. The first-order chi connectivity index (χ1) is 11.5. The number of aryl methyl sites for hydroxylation is 1. The van der Waals surface area contributed by atoms with Crippen molar-refractivity contribution in [2.24, 2.45) is 0 Å². The molecule has 2 heterocycles. The van der Waals surface area contributed by atoms with Crippen molar-refractivity contribution >= 4 is 28.4 Å². The van der Waals surface area contributed by atoms with E-state index in [9.17, 15) is 4.79 Å². The van der Waals surface area contributed by atoms with E-state index in [2.05, 4.69) is 21.5 Å². The number of halogens is 1. The van der Waals surface area contributed by atoms with Crippen LogP contribution in [0.3, 0.4) is 0 Å². The van der Waals surface area contributed by atoms with Crippen molar-refractivity contribution in [3.63, 3.8) is 0 Å². The highest BCUT2D eigenvalue weighted by Gasteiger charge is 2.11. The first-order valence-electron chi connectivity index (χ1n) is 7.84. The van der Waals surface area contributed by atoms with E-state index in [0.717, 1.165) is 34.3 Å². The molecule has 0 spiro atoms. The zero-order valence-electron chi connectivity index (χ0n) is 13.7. The fourth-order valence-corrected chi connectivity index (χ4v) is 2.76. The van der Waals surface area contributed by atoms with E-state index in [-0.39, 0.29) is 12.5 Å². The molecule has 2 aromatic heterocycles. The number of benzene rings is 1. The topological polar surface area (TPSA) is 59.8 Å². The molecule has 0 radical (unpaired) electrons. The van der Waals surface area contributed by atoms with Crippen molar-refractivity contribution in [1.29, 1.82) is 0 Å². The Hall–Kier alpha value is -2.40. The molecule has 5 nitrogen and oxygen atoms in total. The second kappa shape index (κ2) is 7.01. The maximum Gasteiger partial charge on any atom is 0.241 e. The van der Waals surface area contributed by atoms with Crippen LogP contribution in [0.1, 0.15) is 17.0 Å². The van der Waals surface area contributed by atoms with Crippen LogP contribution in [0, 0.1) is 13.8 Å². The fraction of sp³-hybridized carbons (Fsp3) is 0.278. The maximum atomic E-state index is 12.1. The van der Waals surface area contributed by atoms with E-state index < -0.39 is 0 Å². The second-order valence-corrected chi connectivity index (χ2v) is 6.16. The Morgan fingerprint density at radius 3 is 2.83 bits per heavy atom. The van der Waals surface area contributed by atoms with Gasteiger partial charge in [-0.1, -0.05) is 29.8 Å². The summed E-state index contributed by atoms with van der Waals surface area (Å²) >= 11 is 6.09. The Labute approximate surface area is 145 Å². The highest BCUT2D eigenvalue weighted by atomic mass is 35.5. The molecule has 6 heteroatoms. The van der Waals surface area contributed by atoms with Gasteiger partial charge in [0.25, 0.3) is 0 Å². The molecule has 0 unspecified atom stereocenters. The lowest BCUT2D eigenvalue weighted by Gasteiger charge is -2.07. The van der Waals surface area contributed by atoms with E-state index >= 15 is 0 Å². The third-order valence-electron chi connectivity index (χ3n) is 3.97. The summed E-state index contributed by atoms with van der Waals surface area (Å²) in [6, 6.07) is 10.1. The Morgan fingerprint density at radius 2 is 2.08 bits per heavy atom. The van der Waals surface area contributed by atoms with Gasteiger partial charge in [0.2, 0.25) is 5.91 Å². The molecule has 0 bridgehead atoms. The number of amides is 1. The van der Waals surface area contributed by atoms with Crippen LogP contribution in [-0.2, 0) is 17.8 Å². The summed E-state index contributed by atoms with van der Waals surface area (Å²) in [4.78, 5) is 16.5. The standard InChI is InChI=1S/C18H19ClN4O/c1-12-18(19)13(2)23(22-12)11-17(24)20-8-7-14-9-15-5-3-4-6-16(15)21-10-14/h3-6,9-10H,7-8,11H2,1-2H3,(H,20,24). The van der Waals surface area contributed by atoms with Gasteiger partial charge < -0.3 is 5.32 Å². The zero-order valence-corrected chi connectivity index (χ0v) is 14.5. The Morgan fingerprint density at radius 1 is 1.29 bits per heavy atom. The predicted molar refractivity (Wildman–Crippen MR) is 95.2 cm³/mol. The Kier molecular flexibility index (Phi) is 4.81. The van der Waals surface area contributed by atoms with Crippen molar-refractivity contribution in [2.75, 3.05) is 6.54 Å². The number of para-hydroxylation sites is 1. The summed E-state index contributed by atoms with van der Waals surface area (Å²) < 4.78 is 1.63. The first kappa shape index (κ1) is 16.5. The van der Waals surface area contributed by atoms with E-state index in [1.807, 2.05) is 44.3 Å². The van der Waals surface area contributed by atoms with Crippen LogP contribution in [0.4, 0.5) is 0 Å². The van der Waals surface area contributed by atoms with Crippen LogP contribution in [-0.4, -0.2) is 27.2 Å². The van der Waals surface area contributed by atoms with Crippen molar-refractivity contribution < 1.29 is 4.79 Å². The van der Waals surface area contributed by atoms with Gasteiger partial charge in [-0.15, -0.1) is 0 Å². The number of carbonyl (C=O) groups is 1. The largest absolute Gasteiger partial charge is 0.354 e. The van der Waals surface area contributed by atoms with Crippen LogP contribution in [0.2, 0.25) is 5.02 Å². The number of fused-ring (bicyclic) bond motifs is 1. The SMILES string of the molecule is Cc1nn(CC(=O)NCCc2cnc3ccccc3c2)c(C)c1Cl. The van der Waals surface area contributed by atoms with E-state index in [0.29, 0.717) is 11.6 Å². The van der Waals surface area contributed by atoms with E-state index in [1.165, 1.54) is 0 Å². The minimum atomic E-state index is -0.0778. The Balaban J connectivity index is 1.55. The summed E-state index contributed by atoms with van der Waals surface area (Å²) in [5.74, 6) is -0.0778. The van der Waals surface area contributed by atoms with Crippen molar-refractivity contribution in [3.8, 4) is 0 Å². The number of nitrogens with zero attached hydrogens (tertiary/aromatic N) is 3. The predicted octanol–water partition coefficient (Wildman–Crippen LogP) is 3.06. The van der Waals surface area contributed by atoms with Gasteiger partial charge in [-0.05, 0) is 38.0 Å². The lowest BCUT2D eigenvalue weighted by Crippen LogP contribution is -2.30. The zero-order chi connectivity index (χ0) is 17.1. The maximum absolute atomic E-state index is 12.1. The van der Waals surface area contributed by atoms with Crippen LogP contribution in [0.5, 0.6) is 0 Å². The number of hydrogen-bond acceptors (Lipinski definition) is 3. The number of carbonyl (C=O) groups excluding carboxylic acids is 1. The fourth-order valence-electron chi connectivity index (χ4n) is 2.62. The molecule has 3 aromatic rings. The molecule has 0 fully saturated rings. The van der Waals surface area contributed by atoms with Gasteiger partial charge in [-0.25, -0.2) is 0 Å². The van der Waals surface area contributed by atoms with Crippen molar-refractivity contribution in [1.82, 2.24) is 20.1 Å². The van der Waals surface area contributed by atoms with Gasteiger partial charge in [-0.3, -0.25) is 14.5 Å². The molecule has 0 saturated carbocycles. The first-order valence-corrected chi connectivity index (χ1v) is 8.22. The molecule has 1 amide bonds. The number of nitrogens with one attached hydrogen (secondary N) is 1. The lowest BCUT2D eigenvalue weighted by atomic mass is 10.1. The molecule has 3 rings (SSSR count). The Bertz CT molecular complexity index is 888. The van der Waals surface area contributed by atoms with E-state index in [4.69, 9.17) is 11.6 Å². The summed E-state index contributed by atoms with van der Waals surface area (Å²) in [6.07, 6.45) is 2.59. The molecule has 1 aromatic carbocycles. The highest BCUT2D eigenvalue weighted by molar-refractivity contribution is 6.31. The van der Waals surface area contributed by atoms with Crippen molar-refractivity contribution in [2.45, 2.75) is 26.8 Å². The minimum Gasteiger partial charge on any atom is -0.354 e. The van der Waals surface area contributed by atoms with Crippen molar-refractivity contribution in [3.05, 3.63) is 58.5 Å². The second-order valence-electron chi connectivity index (χ2n) is 5.78. The summed E-state index contributed by atoms with van der Waals surface area (Å²) in [6.45, 7) is 4.42. The highest BCUT2D eigenvalue weighted by Crippen LogP contribution is 2.18. The van der Waals surface area contributed by atoms with Gasteiger partial charge in [0.15, 0.2) is 0 Å². The van der Waals surface area contributed by atoms with Gasteiger partial charge in [0, 0.05) is 18.1 Å². The monoisotopic (exact) mass is 342 g/mol. The quantitative estimate of drug-likeness (QED) is 0.775. The smallest absolute Gasteiger partial charge is 0.241 e. The lowest BCUT2D eigenvalue weighted by molar-refractivity contribution is -0.121. The third-order valence-corrected chi connectivity index (χ3v) is 4.52. The number of hydrogen-bond donors (Lipinski definition) is 1. The molecule has 0 aliphatic rings. The van der Waals surface area contributed by atoms with Gasteiger partial charge in [-0.2, -0.15) is 5.10 Å². The summed E-state index contributed by atoms with van der Waals surface area (Å²) in [5.41, 5.74) is 3.63. The average molecular weight is 343 g/mol. The van der Waals surface area contributed by atoms with Gasteiger partial charge >= 0.3 is 0 Å². The van der Waals surface area contributed by atoms with Crippen LogP contribution in [0.15, 0.2) is 36.5 Å². The molecule has 24 heavy (non-hydrogen) atoms. The van der Waals surface area contributed by atoms with Crippen LogP contribution in [0.25, 0.3) is 10.9 Å². The molecule has 0 aliphatic carbocycles. The molecule has 0 atom stereocenters. The minimum absolute atomic E-state index is 0.0778. The number of rotatable bonds is 5. The molecule has 124 valence electrons. The van der Waals surface area contributed by atoms with Crippen LogP contribution < -0.4 is 5.32 Å². The number of pyridine rings is 1. The third kappa shape index (κ3) is 3.57. The normalized spacial score (nSPS) is 11.0. The molecular formula is C18H19ClN4O. The molecular weight excluding hydrogens is 324 g/mol. The van der Waals surface area contributed by atoms with Crippen LogP contribution >= 0.6 is 11.6 Å². The van der Waals surface area contributed by atoms with Gasteiger partial charge in [0.1, 0.15) is 6.54 Å². The van der Waals surface area contributed by atoms with Gasteiger partial charge in [0.05, 0.1) is 21.9 Å².